The first-order valence-corrected chi connectivity index (χ1v) is 11.1. The number of carboxylic acid groups (broad SMARTS) is 2. The van der Waals surface area contributed by atoms with Crippen LogP contribution in [0.3, 0.4) is 0 Å². The lowest BCUT2D eigenvalue weighted by molar-refractivity contribution is -0.150. The van der Waals surface area contributed by atoms with Crippen LogP contribution in [-0.4, -0.2) is 56.3 Å². The van der Waals surface area contributed by atoms with Gasteiger partial charge in [-0.2, -0.15) is 0 Å². The van der Waals surface area contributed by atoms with Crippen LogP contribution >= 0.6 is 11.8 Å². The summed E-state index contributed by atoms with van der Waals surface area (Å²) in [6, 6.07) is 5.86. The van der Waals surface area contributed by atoms with Crippen molar-refractivity contribution in [3.8, 4) is 0 Å². The molecular formula is C22H29NO7S. The molecule has 0 aliphatic heterocycles. The zero-order valence-corrected chi connectivity index (χ0v) is 19.0. The smallest absolute Gasteiger partial charge is 0.408 e. The summed E-state index contributed by atoms with van der Waals surface area (Å²) < 4.78 is 5.26. The van der Waals surface area contributed by atoms with Crippen molar-refractivity contribution in [2.24, 2.45) is 23.7 Å². The molecule has 9 heteroatoms. The van der Waals surface area contributed by atoms with Gasteiger partial charge in [0.25, 0.3) is 0 Å². The highest BCUT2D eigenvalue weighted by atomic mass is 32.2. The second kappa shape index (κ2) is 8.02. The quantitative estimate of drug-likeness (QED) is 0.485. The summed E-state index contributed by atoms with van der Waals surface area (Å²) in [5.74, 6) is -5.88. The summed E-state index contributed by atoms with van der Waals surface area (Å²) >= 11 is 1.37. The Morgan fingerprint density at radius 2 is 1.81 bits per heavy atom. The molecule has 8 nitrogen and oxygen atoms in total. The van der Waals surface area contributed by atoms with Crippen LogP contribution in [0.2, 0.25) is 0 Å². The summed E-state index contributed by atoms with van der Waals surface area (Å²) in [6.45, 7) is 8.91. The highest BCUT2D eigenvalue weighted by Gasteiger charge is 2.79. The van der Waals surface area contributed by atoms with Gasteiger partial charge in [-0.05, 0) is 57.9 Å². The van der Waals surface area contributed by atoms with Crippen molar-refractivity contribution in [3.05, 3.63) is 29.3 Å². The van der Waals surface area contributed by atoms with Gasteiger partial charge in [0.1, 0.15) is 5.60 Å². The molecule has 3 rings (SSSR count). The third-order valence-corrected chi connectivity index (χ3v) is 7.36. The third kappa shape index (κ3) is 4.25. The molecule has 1 amide bonds. The van der Waals surface area contributed by atoms with Crippen molar-refractivity contribution in [2.45, 2.75) is 56.8 Å². The number of ether oxygens (including phenoxy) is 1. The lowest BCUT2D eigenvalue weighted by Crippen LogP contribution is -2.63. The summed E-state index contributed by atoms with van der Waals surface area (Å²) in [5.41, 5.74) is -0.577. The number of nitrogens with one attached hydrogen (secondary N) is 1. The molecule has 2 saturated carbocycles. The molecule has 1 aromatic carbocycles. The van der Waals surface area contributed by atoms with Crippen LogP contribution in [0.25, 0.3) is 0 Å². The number of rotatable bonds is 6. The molecule has 0 bridgehead atoms. The highest BCUT2D eigenvalue weighted by Crippen LogP contribution is 2.65. The molecule has 0 heterocycles. The minimum atomic E-state index is -1.93. The monoisotopic (exact) mass is 451 g/mol. The summed E-state index contributed by atoms with van der Waals surface area (Å²) in [6.07, 6.45) is -2.11. The fraction of sp³-hybridized carbons (Fsp3) is 0.591. The normalized spacial score (nSPS) is 31.6. The van der Waals surface area contributed by atoms with E-state index in [1.165, 1.54) is 11.8 Å². The van der Waals surface area contributed by atoms with Gasteiger partial charge in [0, 0.05) is 28.4 Å². The van der Waals surface area contributed by atoms with E-state index in [1.54, 1.807) is 20.8 Å². The van der Waals surface area contributed by atoms with Crippen LogP contribution in [0.4, 0.5) is 4.79 Å². The van der Waals surface area contributed by atoms with Crippen LogP contribution in [0, 0.1) is 37.5 Å². The predicted molar refractivity (Wildman–Crippen MR) is 114 cm³/mol. The van der Waals surface area contributed by atoms with Gasteiger partial charge < -0.3 is 25.4 Å². The molecule has 4 N–H and O–H groups in total. The zero-order valence-electron chi connectivity index (χ0n) is 18.2. The van der Waals surface area contributed by atoms with Crippen molar-refractivity contribution in [1.82, 2.24) is 5.32 Å². The zero-order chi connectivity index (χ0) is 23.3. The number of carbonyl (C=O) groups is 3. The minimum Gasteiger partial charge on any atom is -0.481 e. The molecule has 0 radical (unpaired) electrons. The van der Waals surface area contributed by atoms with Crippen molar-refractivity contribution in [2.75, 3.05) is 5.75 Å². The average Bonchev–Trinajstić information content (AvgIpc) is 3.32. The molecule has 6 atom stereocenters. The van der Waals surface area contributed by atoms with Crippen LogP contribution in [-0.2, 0) is 14.3 Å². The number of aliphatic hydroxyl groups excluding tert-OH is 1. The van der Waals surface area contributed by atoms with E-state index in [4.69, 9.17) is 4.74 Å². The molecule has 0 spiro atoms. The predicted octanol–water partition coefficient (Wildman–Crippen LogP) is 2.68. The number of aliphatic hydroxyl groups is 1. The number of benzene rings is 1. The van der Waals surface area contributed by atoms with Crippen LogP contribution in [0.15, 0.2) is 23.1 Å². The van der Waals surface area contributed by atoms with E-state index < -0.39 is 58.9 Å². The Bertz CT molecular complexity index is 912. The molecule has 0 saturated heterocycles. The first-order chi connectivity index (χ1) is 14.3. The van der Waals surface area contributed by atoms with Gasteiger partial charge in [0.15, 0.2) is 5.54 Å². The number of carbonyl (C=O) groups excluding carboxylic acids is 1. The number of fused-ring (bicyclic) bond motifs is 1. The molecule has 2 fully saturated rings. The van der Waals surface area contributed by atoms with Crippen LogP contribution in [0.1, 0.15) is 31.9 Å². The molecule has 2 aliphatic rings. The number of carboxylic acids is 2. The highest BCUT2D eigenvalue weighted by molar-refractivity contribution is 7.99. The van der Waals surface area contributed by atoms with Crippen molar-refractivity contribution >= 4 is 29.8 Å². The Kier molecular flexibility index (Phi) is 6.05. The van der Waals surface area contributed by atoms with E-state index in [2.05, 4.69) is 5.32 Å². The number of alkyl carbamates (subject to hydrolysis) is 1. The van der Waals surface area contributed by atoms with Gasteiger partial charge in [-0.25, -0.2) is 9.59 Å². The van der Waals surface area contributed by atoms with Gasteiger partial charge in [-0.1, -0.05) is 6.07 Å². The van der Waals surface area contributed by atoms with Crippen LogP contribution < -0.4 is 5.32 Å². The fourth-order valence-corrected chi connectivity index (χ4v) is 5.93. The third-order valence-electron chi connectivity index (χ3n) is 6.25. The van der Waals surface area contributed by atoms with Gasteiger partial charge in [-0.15, -0.1) is 11.8 Å². The first kappa shape index (κ1) is 23.4. The largest absolute Gasteiger partial charge is 0.481 e. The van der Waals surface area contributed by atoms with Crippen LogP contribution in [0.5, 0.6) is 0 Å². The Hall–Kier alpha value is -2.26. The van der Waals surface area contributed by atoms with Crippen molar-refractivity contribution < 1.29 is 34.4 Å². The van der Waals surface area contributed by atoms with Gasteiger partial charge in [-0.3, -0.25) is 4.79 Å². The maximum Gasteiger partial charge on any atom is 0.408 e. The Morgan fingerprint density at radius 3 is 2.32 bits per heavy atom. The summed E-state index contributed by atoms with van der Waals surface area (Å²) in [4.78, 5) is 37.6. The maximum atomic E-state index is 12.5. The van der Waals surface area contributed by atoms with E-state index in [1.807, 2.05) is 32.0 Å². The molecule has 0 unspecified atom stereocenters. The summed E-state index contributed by atoms with van der Waals surface area (Å²) in [5, 5.41) is 33.1. The number of hydrogen-bond donors (Lipinski definition) is 4. The SMILES string of the molecule is Cc1ccc(SC[C@@H]2[C@@H](O)[C@H]3[C@H](C(=O)O)[C@H]3[C@]2(NC(=O)OC(C)(C)C)C(=O)O)cc1C. The van der Waals surface area contributed by atoms with E-state index in [0.717, 1.165) is 16.0 Å². The van der Waals surface area contributed by atoms with Gasteiger partial charge in [0.2, 0.25) is 0 Å². The molecule has 170 valence electrons. The second-order valence-electron chi connectivity index (χ2n) is 9.42. The number of hydrogen-bond acceptors (Lipinski definition) is 6. The van der Waals surface area contributed by atoms with E-state index >= 15 is 0 Å². The standard InChI is InChI=1S/C22H29NO7S/c1-10-6-7-12(8-11(10)2)31-9-13-17(24)14-15(18(25)26)16(14)22(13,19(27)28)23-20(29)30-21(3,4)5/h6-8,13-17,24H,9H2,1-5H3,(H,23,29)(H,25,26)(H,27,28)/t13-,14+,15+,16+,17-,22+/m1/s1. The van der Waals surface area contributed by atoms with E-state index in [-0.39, 0.29) is 5.75 Å². The van der Waals surface area contributed by atoms with E-state index in [0.29, 0.717) is 0 Å². The molecule has 31 heavy (non-hydrogen) atoms. The molecule has 2 aliphatic carbocycles. The minimum absolute atomic E-state index is 0.200. The number of aryl methyl sites for hydroxylation is 2. The Morgan fingerprint density at radius 1 is 1.16 bits per heavy atom. The van der Waals surface area contributed by atoms with Crippen molar-refractivity contribution in [3.63, 3.8) is 0 Å². The molecular weight excluding hydrogens is 422 g/mol. The van der Waals surface area contributed by atoms with Gasteiger partial charge in [0.05, 0.1) is 12.0 Å². The number of amides is 1. The second-order valence-corrected chi connectivity index (χ2v) is 10.5. The Balaban J connectivity index is 1.91. The molecule has 0 aromatic heterocycles. The number of aliphatic carboxylic acids is 2. The lowest BCUT2D eigenvalue weighted by Gasteiger charge is -2.37. The topological polar surface area (TPSA) is 133 Å². The molecule has 1 aromatic rings. The first-order valence-electron chi connectivity index (χ1n) is 10.1. The van der Waals surface area contributed by atoms with Gasteiger partial charge >= 0.3 is 18.0 Å². The summed E-state index contributed by atoms with van der Waals surface area (Å²) in [7, 11) is 0. The number of thioether (sulfide) groups is 1. The lowest BCUT2D eigenvalue weighted by atomic mass is 9.80. The maximum absolute atomic E-state index is 12.5. The fourth-order valence-electron chi connectivity index (χ4n) is 4.67. The van der Waals surface area contributed by atoms with Crippen molar-refractivity contribution in [1.29, 1.82) is 0 Å². The Labute approximate surface area is 185 Å². The average molecular weight is 452 g/mol. The van der Waals surface area contributed by atoms with E-state index in [9.17, 15) is 29.7 Å².